The summed E-state index contributed by atoms with van der Waals surface area (Å²) in [5.74, 6) is -1.49. The van der Waals surface area contributed by atoms with E-state index >= 15 is 0 Å². The smallest absolute Gasteiger partial charge is 0.254 e. The van der Waals surface area contributed by atoms with Gasteiger partial charge in [0.15, 0.2) is 0 Å². The molecule has 2 saturated heterocycles. The summed E-state index contributed by atoms with van der Waals surface area (Å²) < 4.78 is 19.0. The van der Waals surface area contributed by atoms with Gasteiger partial charge in [0.05, 0.1) is 5.56 Å². The Hall–Kier alpha value is -2.48. The maximum Gasteiger partial charge on any atom is 0.254 e. The van der Waals surface area contributed by atoms with E-state index in [0.29, 0.717) is 39.0 Å². The molecule has 2 aliphatic heterocycles. The number of likely N-dealkylation sites (tertiary alicyclic amines) is 2. The van der Waals surface area contributed by atoms with Crippen LogP contribution in [0.4, 0.5) is 4.39 Å². The van der Waals surface area contributed by atoms with Gasteiger partial charge in [0.25, 0.3) is 5.91 Å². The summed E-state index contributed by atoms with van der Waals surface area (Å²) in [6.07, 6.45) is 4.18. The zero-order valence-corrected chi connectivity index (χ0v) is 17.4. The second-order valence-corrected chi connectivity index (χ2v) is 7.97. The van der Waals surface area contributed by atoms with E-state index in [1.807, 2.05) is 0 Å². The molecule has 7 nitrogen and oxygen atoms in total. The van der Waals surface area contributed by atoms with Crippen molar-refractivity contribution < 1.29 is 23.5 Å². The van der Waals surface area contributed by atoms with E-state index in [1.54, 1.807) is 15.9 Å². The Morgan fingerprint density at radius 1 is 1.07 bits per heavy atom. The van der Waals surface area contributed by atoms with Gasteiger partial charge in [-0.1, -0.05) is 12.1 Å². The molecule has 0 radical (unpaired) electrons. The first kappa shape index (κ1) is 22.2. The Labute approximate surface area is 176 Å². The number of nitrogens with zero attached hydrogens (tertiary/aromatic N) is 2. The van der Waals surface area contributed by atoms with Crippen molar-refractivity contribution in [3.8, 4) is 0 Å². The van der Waals surface area contributed by atoms with Crippen LogP contribution in [0.1, 0.15) is 42.5 Å². The zero-order valence-electron chi connectivity index (χ0n) is 17.4. The number of halogens is 1. The van der Waals surface area contributed by atoms with Gasteiger partial charge in [0, 0.05) is 33.3 Å². The molecule has 1 atom stereocenters. The molecule has 0 bridgehead atoms. The topological polar surface area (TPSA) is 79.0 Å². The predicted octanol–water partition coefficient (Wildman–Crippen LogP) is 1.82. The van der Waals surface area contributed by atoms with Crippen molar-refractivity contribution in [2.45, 2.75) is 38.1 Å². The first-order chi connectivity index (χ1) is 14.5. The van der Waals surface area contributed by atoms with E-state index in [9.17, 15) is 18.8 Å². The Morgan fingerprint density at radius 2 is 1.73 bits per heavy atom. The van der Waals surface area contributed by atoms with Crippen molar-refractivity contribution >= 4 is 17.7 Å². The summed E-state index contributed by atoms with van der Waals surface area (Å²) in [6.45, 7) is 2.40. The first-order valence-electron chi connectivity index (χ1n) is 10.6. The van der Waals surface area contributed by atoms with Gasteiger partial charge >= 0.3 is 0 Å². The van der Waals surface area contributed by atoms with Gasteiger partial charge in [-0.05, 0) is 50.2 Å². The minimum Gasteiger partial charge on any atom is -0.375 e. The van der Waals surface area contributed by atoms with Gasteiger partial charge in [-0.15, -0.1) is 0 Å². The summed E-state index contributed by atoms with van der Waals surface area (Å²) in [5, 5.41) is 2.81. The van der Waals surface area contributed by atoms with E-state index in [1.165, 1.54) is 25.3 Å². The van der Waals surface area contributed by atoms with Crippen molar-refractivity contribution in [2.75, 3.05) is 39.9 Å². The van der Waals surface area contributed by atoms with Crippen LogP contribution in [0.3, 0.4) is 0 Å². The largest absolute Gasteiger partial charge is 0.375 e. The maximum absolute atomic E-state index is 14.1. The number of hydrogen-bond acceptors (Lipinski definition) is 4. The Morgan fingerprint density at radius 3 is 2.37 bits per heavy atom. The summed E-state index contributed by atoms with van der Waals surface area (Å²) >= 11 is 0. The normalized spacial score (nSPS) is 18.7. The Balaban J connectivity index is 1.73. The third-order valence-electron chi connectivity index (χ3n) is 5.97. The number of hydrogen-bond donors (Lipinski definition) is 1. The highest BCUT2D eigenvalue weighted by atomic mass is 19.1. The van der Waals surface area contributed by atoms with Crippen molar-refractivity contribution in [2.24, 2.45) is 5.92 Å². The SMILES string of the molecule is COCC(=O)N1CCC([C@H](NC(=O)c2ccccc2F)C(=O)N2CCCCC2)CC1. The molecular weight excluding hydrogens is 389 g/mol. The number of nitrogens with one attached hydrogen (secondary N) is 1. The van der Waals surface area contributed by atoms with Gasteiger partial charge in [-0.2, -0.15) is 0 Å². The van der Waals surface area contributed by atoms with Crippen LogP contribution in [0.5, 0.6) is 0 Å². The lowest BCUT2D eigenvalue weighted by Crippen LogP contribution is -2.55. The number of carbonyl (C=O) groups excluding carboxylic acids is 3. The number of carbonyl (C=O) groups is 3. The lowest BCUT2D eigenvalue weighted by molar-refractivity contribution is -0.138. The van der Waals surface area contributed by atoms with Crippen molar-refractivity contribution in [3.63, 3.8) is 0 Å². The first-order valence-corrected chi connectivity index (χ1v) is 10.6. The molecule has 1 N–H and O–H groups in total. The summed E-state index contributed by atoms with van der Waals surface area (Å²) in [6, 6.07) is 5.04. The van der Waals surface area contributed by atoms with Crippen LogP contribution in [0, 0.1) is 11.7 Å². The van der Waals surface area contributed by atoms with Gasteiger partial charge < -0.3 is 19.9 Å². The average Bonchev–Trinajstić information content (AvgIpc) is 2.78. The van der Waals surface area contributed by atoms with Gasteiger partial charge in [0.2, 0.25) is 11.8 Å². The molecule has 30 heavy (non-hydrogen) atoms. The molecule has 2 aliphatic rings. The quantitative estimate of drug-likeness (QED) is 0.763. The molecular formula is C22H30FN3O4. The summed E-state index contributed by atoms with van der Waals surface area (Å²) in [4.78, 5) is 41.6. The number of benzene rings is 1. The van der Waals surface area contributed by atoms with Crippen LogP contribution in [0.15, 0.2) is 24.3 Å². The standard InChI is InChI=1S/C22H30FN3O4/c1-30-15-19(27)25-13-9-16(10-14-25)20(22(29)26-11-5-2-6-12-26)24-21(28)17-7-3-4-8-18(17)23/h3-4,7-8,16,20H,2,5-6,9-15H2,1H3,(H,24,28)/t20-/m0/s1. The third kappa shape index (κ3) is 5.36. The Kier molecular flexibility index (Phi) is 7.79. The molecule has 2 heterocycles. The molecule has 1 aromatic rings. The second kappa shape index (κ2) is 10.5. The monoisotopic (exact) mass is 419 g/mol. The fourth-order valence-corrected chi connectivity index (χ4v) is 4.25. The number of rotatable bonds is 6. The molecule has 8 heteroatoms. The van der Waals surface area contributed by atoms with Crippen LogP contribution in [-0.2, 0) is 14.3 Å². The molecule has 0 aliphatic carbocycles. The summed E-state index contributed by atoms with van der Waals surface area (Å²) in [7, 11) is 1.48. The summed E-state index contributed by atoms with van der Waals surface area (Å²) in [5.41, 5.74) is -0.0679. The van der Waals surface area contributed by atoms with Gasteiger partial charge in [0.1, 0.15) is 18.5 Å². The fraction of sp³-hybridized carbons (Fsp3) is 0.591. The molecule has 3 rings (SSSR count). The molecule has 0 spiro atoms. The highest BCUT2D eigenvalue weighted by Crippen LogP contribution is 2.24. The lowest BCUT2D eigenvalue weighted by atomic mass is 9.87. The Bertz CT molecular complexity index is 759. The molecule has 2 fully saturated rings. The van der Waals surface area contributed by atoms with E-state index in [2.05, 4.69) is 5.32 Å². The number of amides is 3. The van der Waals surface area contributed by atoms with Crippen LogP contribution < -0.4 is 5.32 Å². The highest BCUT2D eigenvalue weighted by molar-refractivity contribution is 5.97. The fourth-order valence-electron chi connectivity index (χ4n) is 4.25. The van der Waals surface area contributed by atoms with E-state index in [-0.39, 0.29) is 29.9 Å². The van der Waals surface area contributed by atoms with Crippen LogP contribution in [0.2, 0.25) is 0 Å². The lowest BCUT2D eigenvalue weighted by Gasteiger charge is -2.38. The third-order valence-corrected chi connectivity index (χ3v) is 5.97. The number of ether oxygens (including phenoxy) is 1. The van der Waals surface area contributed by atoms with Crippen LogP contribution in [-0.4, -0.2) is 73.5 Å². The van der Waals surface area contributed by atoms with Crippen LogP contribution >= 0.6 is 0 Å². The van der Waals surface area contributed by atoms with E-state index in [4.69, 9.17) is 4.74 Å². The number of methoxy groups -OCH3 is 1. The number of piperidine rings is 2. The second-order valence-electron chi connectivity index (χ2n) is 7.97. The van der Waals surface area contributed by atoms with Gasteiger partial charge in [-0.3, -0.25) is 14.4 Å². The minimum atomic E-state index is -0.727. The minimum absolute atomic E-state index is 0.0326. The molecule has 1 aromatic carbocycles. The molecule has 0 unspecified atom stereocenters. The molecule has 164 valence electrons. The highest BCUT2D eigenvalue weighted by Gasteiger charge is 2.36. The van der Waals surface area contributed by atoms with Crippen molar-refractivity contribution in [1.82, 2.24) is 15.1 Å². The van der Waals surface area contributed by atoms with Crippen molar-refractivity contribution in [3.05, 3.63) is 35.6 Å². The zero-order chi connectivity index (χ0) is 21.5. The van der Waals surface area contributed by atoms with Crippen molar-refractivity contribution in [1.29, 1.82) is 0 Å². The molecule has 0 saturated carbocycles. The van der Waals surface area contributed by atoms with Gasteiger partial charge in [-0.25, -0.2) is 4.39 Å². The van der Waals surface area contributed by atoms with E-state index < -0.39 is 17.8 Å². The predicted molar refractivity (Wildman–Crippen MR) is 109 cm³/mol. The van der Waals surface area contributed by atoms with E-state index in [0.717, 1.165) is 19.3 Å². The van der Waals surface area contributed by atoms with Crippen LogP contribution in [0.25, 0.3) is 0 Å². The average molecular weight is 419 g/mol. The molecule has 3 amide bonds. The maximum atomic E-state index is 14.1. The molecule has 0 aromatic heterocycles.